The number of anilines is 1. The van der Waals surface area contributed by atoms with Crippen LogP contribution in [-0.4, -0.2) is 15.3 Å². The monoisotopic (exact) mass is 369 g/mol. The first kappa shape index (κ1) is 15.8. The zero-order valence-electron chi connectivity index (χ0n) is 14.3. The van der Waals surface area contributed by atoms with E-state index in [2.05, 4.69) is 10.3 Å². The van der Waals surface area contributed by atoms with Gasteiger partial charge in [0.2, 0.25) is 0 Å². The topological polar surface area (TPSA) is 46.4 Å². The van der Waals surface area contributed by atoms with Gasteiger partial charge >= 0.3 is 0 Å². The van der Waals surface area contributed by atoms with Gasteiger partial charge in [-0.15, -0.1) is 11.3 Å². The molecule has 27 heavy (non-hydrogen) atoms. The van der Waals surface area contributed by atoms with E-state index in [9.17, 15) is 4.79 Å². The standard InChI is InChI=1S/C22H15N3OS/c26-22(20-13-15-7-1-4-10-19(15)27-20)24-17-9-3-2-8-16(17)18-14-25-12-6-5-11-21(25)23-18/h1-14H,(H,24,26). The van der Waals surface area contributed by atoms with Crippen molar-refractivity contribution in [2.45, 2.75) is 0 Å². The van der Waals surface area contributed by atoms with Crippen LogP contribution in [0, 0.1) is 0 Å². The molecule has 4 nitrogen and oxygen atoms in total. The Morgan fingerprint density at radius 2 is 1.78 bits per heavy atom. The molecule has 3 aromatic heterocycles. The Kier molecular flexibility index (Phi) is 3.73. The summed E-state index contributed by atoms with van der Waals surface area (Å²) in [4.78, 5) is 18.2. The summed E-state index contributed by atoms with van der Waals surface area (Å²) in [7, 11) is 0. The van der Waals surface area contributed by atoms with Crippen molar-refractivity contribution in [3.05, 3.63) is 90.1 Å². The molecule has 0 saturated carbocycles. The van der Waals surface area contributed by atoms with E-state index in [-0.39, 0.29) is 5.91 Å². The molecule has 130 valence electrons. The number of pyridine rings is 1. The molecule has 3 heterocycles. The Labute approximate surface area is 159 Å². The van der Waals surface area contributed by atoms with E-state index in [1.807, 2.05) is 89.6 Å². The molecule has 2 aromatic carbocycles. The molecule has 0 aliphatic heterocycles. The smallest absolute Gasteiger partial charge is 0.265 e. The molecule has 0 radical (unpaired) electrons. The number of fused-ring (bicyclic) bond motifs is 2. The summed E-state index contributed by atoms with van der Waals surface area (Å²) < 4.78 is 3.08. The van der Waals surface area contributed by atoms with Crippen molar-refractivity contribution in [2.24, 2.45) is 0 Å². The van der Waals surface area contributed by atoms with Crippen LogP contribution in [0.1, 0.15) is 9.67 Å². The third kappa shape index (κ3) is 2.88. The van der Waals surface area contributed by atoms with Crippen LogP contribution in [0.25, 0.3) is 27.0 Å². The molecule has 5 aromatic rings. The van der Waals surface area contributed by atoms with Gasteiger partial charge in [-0.3, -0.25) is 4.79 Å². The quantitative estimate of drug-likeness (QED) is 0.458. The van der Waals surface area contributed by atoms with Crippen molar-refractivity contribution in [1.29, 1.82) is 0 Å². The molecular weight excluding hydrogens is 354 g/mol. The molecule has 0 aliphatic carbocycles. The van der Waals surface area contributed by atoms with Crippen LogP contribution < -0.4 is 5.32 Å². The Balaban J connectivity index is 1.51. The fourth-order valence-electron chi connectivity index (χ4n) is 3.16. The highest BCUT2D eigenvalue weighted by Crippen LogP contribution is 2.30. The van der Waals surface area contributed by atoms with E-state index >= 15 is 0 Å². The van der Waals surface area contributed by atoms with Gasteiger partial charge in [0.15, 0.2) is 0 Å². The lowest BCUT2D eigenvalue weighted by Gasteiger charge is -2.08. The molecule has 1 amide bonds. The summed E-state index contributed by atoms with van der Waals surface area (Å²) in [5.74, 6) is -0.104. The predicted molar refractivity (Wildman–Crippen MR) is 110 cm³/mol. The number of hydrogen-bond acceptors (Lipinski definition) is 3. The van der Waals surface area contributed by atoms with E-state index in [1.165, 1.54) is 11.3 Å². The van der Waals surface area contributed by atoms with E-state index in [1.54, 1.807) is 0 Å². The number of para-hydroxylation sites is 1. The van der Waals surface area contributed by atoms with Crippen molar-refractivity contribution in [1.82, 2.24) is 9.38 Å². The average Bonchev–Trinajstić information content (AvgIpc) is 3.32. The maximum atomic E-state index is 12.8. The number of hydrogen-bond donors (Lipinski definition) is 1. The molecule has 0 spiro atoms. The van der Waals surface area contributed by atoms with E-state index in [4.69, 9.17) is 0 Å². The molecule has 0 saturated heterocycles. The van der Waals surface area contributed by atoms with Crippen LogP contribution in [0.3, 0.4) is 0 Å². The lowest BCUT2D eigenvalue weighted by Crippen LogP contribution is -2.10. The van der Waals surface area contributed by atoms with Crippen LogP contribution in [0.15, 0.2) is 85.2 Å². The maximum Gasteiger partial charge on any atom is 0.265 e. The number of carbonyl (C=O) groups is 1. The fourth-order valence-corrected chi connectivity index (χ4v) is 4.12. The largest absolute Gasteiger partial charge is 0.321 e. The van der Waals surface area contributed by atoms with Gasteiger partial charge < -0.3 is 9.72 Å². The van der Waals surface area contributed by atoms with Gasteiger partial charge in [0.05, 0.1) is 16.3 Å². The Morgan fingerprint density at radius 3 is 2.67 bits per heavy atom. The second-order valence-electron chi connectivity index (χ2n) is 6.24. The SMILES string of the molecule is O=C(Nc1ccccc1-c1cn2ccccc2n1)c1cc2ccccc2s1. The number of benzene rings is 2. The van der Waals surface area contributed by atoms with E-state index in [0.29, 0.717) is 4.88 Å². The van der Waals surface area contributed by atoms with E-state index < -0.39 is 0 Å². The number of nitrogens with zero attached hydrogens (tertiary/aromatic N) is 2. The first-order valence-corrected chi connectivity index (χ1v) is 9.43. The number of amides is 1. The van der Waals surface area contributed by atoms with Crippen molar-refractivity contribution >= 4 is 38.7 Å². The average molecular weight is 369 g/mol. The summed E-state index contributed by atoms with van der Waals surface area (Å²) >= 11 is 1.50. The molecule has 0 atom stereocenters. The van der Waals surface area contributed by atoms with Crippen molar-refractivity contribution in [3.8, 4) is 11.3 Å². The first-order chi connectivity index (χ1) is 13.3. The van der Waals surface area contributed by atoms with Gasteiger partial charge in [0.1, 0.15) is 5.65 Å². The summed E-state index contributed by atoms with van der Waals surface area (Å²) in [5.41, 5.74) is 3.35. The van der Waals surface area contributed by atoms with Gasteiger partial charge in [-0.05, 0) is 35.7 Å². The number of nitrogens with one attached hydrogen (secondary N) is 1. The molecular formula is C22H15N3OS. The summed E-state index contributed by atoms with van der Waals surface area (Å²) in [5, 5.41) is 4.14. The zero-order valence-corrected chi connectivity index (χ0v) is 15.1. The van der Waals surface area contributed by atoms with Crippen molar-refractivity contribution in [2.75, 3.05) is 5.32 Å². The number of thiophene rings is 1. The van der Waals surface area contributed by atoms with Gasteiger partial charge in [0.25, 0.3) is 5.91 Å². The molecule has 0 aliphatic rings. The Hall–Kier alpha value is -3.44. The number of carbonyl (C=O) groups excluding carboxylic acids is 1. The highest BCUT2D eigenvalue weighted by molar-refractivity contribution is 7.20. The first-order valence-electron chi connectivity index (χ1n) is 8.61. The van der Waals surface area contributed by atoms with Crippen molar-refractivity contribution < 1.29 is 4.79 Å². The van der Waals surface area contributed by atoms with Crippen LogP contribution in [0.5, 0.6) is 0 Å². The molecule has 0 unspecified atom stereocenters. The molecule has 5 heteroatoms. The number of aromatic nitrogens is 2. The summed E-state index contributed by atoms with van der Waals surface area (Å²) in [6.45, 7) is 0. The fraction of sp³-hybridized carbons (Fsp3) is 0. The maximum absolute atomic E-state index is 12.8. The van der Waals surface area contributed by atoms with Crippen LogP contribution in [0.2, 0.25) is 0 Å². The van der Waals surface area contributed by atoms with Crippen LogP contribution in [0.4, 0.5) is 5.69 Å². The summed E-state index contributed by atoms with van der Waals surface area (Å²) in [6.07, 6.45) is 3.93. The second-order valence-corrected chi connectivity index (χ2v) is 7.32. The second kappa shape index (κ2) is 6.37. The van der Waals surface area contributed by atoms with E-state index in [0.717, 1.165) is 32.7 Å². The van der Waals surface area contributed by atoms with Gasteiger partial charge in [-0.25, -0.2) is 4.98 Å². The van der Waals surface area contributed by atoms with Crippen LogP contribution in [-0.2, 0) is 0 Å². The molecule has 5 rings (SSSR count). The summed E-state index contributed by atoms with van der Waals surface area (Å²) in [6, 6.07) is 23.6. The lowest BCUT2D eigenvalue weighted by molar-refractivity contribution is 0.103. The minimum absolute atomic E-state index is 0.104. The van der Waals surface area contributed by atoms with Gasteiger partial charge in [-0.1, -0.05) is 42.5 Å². The minimum atomic E-state index is -0.104. The predicted octanol–water partition coefficient (Wildman–Crippen LogP) is 5.47. The van der Waals surface area contributed by atoms with Crippen LogP contribution >= 0.6 is 11.3 Å². The molecule has 0 fully saturated rings. The zero-order chi connectivity index (χ0) is 18.2. The Bertz CT molecular complexity index is 1220. The number of rotatable bonds is 3. The Morgan fingerprint density at radius 1 is 0.963 bits per heavy atom. The van der Waals surface area contributed by atoms with Crippen molar-refractivity contribution in [3.63, 3.8) is 0 Å². The minimum Gasteiger partial charge on any atom is -0.321 e. The molecule has 1 N–H and O–H groups in total. The molecule has 0 bridgehead atoms. The highest BCUT2D eigenvalue weighted by atomic mass is 32.1. The highest BCUT2D eigenvalue weighted by Gasteiger charge is 2.14. The van der Waals surface area contributed by atoms with Gasteiger partial charge in [-0.2, -0.15) is 0 Å². The third-order valence-electron chi connectivity index (χ3n) is 4.46. The lowest BCUT2D eigenvalue weighted by atomic mass is 10.1. The van der Waals surface area contributed by atoms with Gasteiger partial charge in [0, 0.05) is 22.7 Å². The number of imidazole rings is 1. The third-order valence-corrected chi connectivity index (χ3v) is 5.58. The normalized spacial score (nSPS) is 11.1.